The Balaban J connectivity index is 2.10. The van der Waals surface area contributed by atoms with E-state index in [2.05, 4.69) is 33.5 Å². The molecule has 110 valence electrons. The fourth-order valence-corrected chi connectivity index (χ4v) is 3.00. The second-order valence-electron chi connectivity index (χ2n) is 6.10. The summed E-state index contributed by atoms with van der Waals surface area (Å²) in [6, 6.07) is 8.53. The van der Waals surface area contributed by atoms with Gasteiger partial charge in [0, 0.05) is 16.6 Å². The summed E-state index contributed by atoms with van der Waals surface area (Å²) in [7, 11) is 0. The molecule has 1 amide bonds. The van der Waals surface area contributed by atoms with Gasteiger partial charge in [-0.25, -0.2) is 0 Å². The lowest BCUT2D eigenvalue weighted by Crippen LogP contribution is -2.55. The standard InChI is InChI=1S/C16H23BrN2O/c1-11-14(8-5-9-18-11)19-15(20)16(2,3)12-6-4-7-13(17)10-12/h4,6-7,10-11,14,18H,5,8-9H2,1-3H3,(H,19,20). The lowest BCUT2D eigenvalue weighted by atomic mass is 9.83. The Bertz CT molecular complexity index is 487. The normalized spacial score (nSPS) is 23.4. The van der Waals surface area contributed by atoms with Crippen molar-refractivity contribution < 1.29 is 4.79 Å². The highest BCUT2D eigenvalue weighted by molar-refractivity contribution is 9.10. The molecule has 1 aromatic carbocycles. The molecule has 2 N–H and O–H groups in total. The third-order valence-electron chi connectivity index (χ3n) is 4.19. The predicted octanol–water partition coefficient (Wildman–Crippen LogP) is 2.98. The van der Waals surface area contributed by atoms with Crippen LogP contribution in [0.15, 0.2) is 28.7 Å². The van der Waals surface area contributed by atoms with Gasteiger partial charge >= 0.3 is 0 Å². The number of benzene rings is 1. The van der Waals surface area contributed by atoms with Crippen molar-refractivity contribution in [2.45, 2.75) is 51.1 Å². The van der Waals surface area contributed by atoms with E-state index in [1.807, 2.05) is 38.1 Å². The first kappa shape index (κ1) is 15.5. The first-order chi connectivity index (χ1) is 9.41. The van der Waals surface area contributed by atoms with Crippen molar-refractivity contribution in [3.8, 4) is 0 Å². The van der Waals surface area contributed by atoms with Gasteiger partial charge in [0.2, 0.25) is 5.91 Å². The molecule has 1 aliphatic rings. The molecule has 2 unspecified atom stereocenters. The van der Waals surface area contributed by atoms with Gasteiger partial charge in [-0.1, -0.05) is 28.1 Å². The van der Waals surface area contributed by atoms with Crippen molar-refractivity contribution >= 4 is 21.8 Å². The van der Waals surface area contributed by atoms with E-state index < -0.39 is 5.41 Å². The fourth-order valence-electron chi connectivity index (χ4n) is 2.60. The van der Waals surface area contributed by atoms with Crippen molar-refractivity contribution in [2.24, 2.45) is 0 Å². The van der Waals surface area contributed by atoms with Crippen LogP contribution < -0.4 is 10.6 Å². The summed E-state index contributed by atoms with van der Waals surface area (Å²) >= 11 is 3.47. The van der Waals surface area contributed by atoms with Gasteiger partial charge < -0.3 is 10.6 Å². The molecule has 0 aliphatic carbocycles. The van der Waals surface area contributed by atoms with Gasteiger partial charge in [0.25, 0.3) is 0 Å². The van der Waals surface area contributed by atoms with Gasteiger partial charge in [-0.05, 0) is 57.9 Å². The van der Waals surface area contributed by atoms with E-state index in [0.29, 0.717) is 6.04 Å². The molecule has 3 nitrogen and oxygen atoms in total. The molecule has 0 spiro atoms. The number of carbonyl (C=O) groups is 1. The van der Waals surface area contributed by atoms with Crippen LogP contribution in [0.4, 0.5) is 0 Å². The van der Waals surface area contributed by atoms with Crippen LogP contribution in [-0.2, 0) is 10.2 Å². The van der Waals surface area contributed by atoms with Crippen molar-refractivity contribution in [1.82, 2.24) is 10.6 Å². The molecule has 0 bridgehead atoms. The molecule has 4 heteroatoms. The fraction of sp³-hybridized carbons (Fsp3) is 0.562. The van der Waals surface area contributed by atoms with Crippen LogP contribution >= 0.6 is 15.9 Å². The maximum atomic E-state index is 12.6. The molecule has 0 radical (unpaired) electrons. The molecule has 20 heavy (non-hydrogen) atoms. The van der Waals surface area contributed by atoms with Crippen molar-refractivity contribution in [1.29, 1.82) is 0 Å². The van der Waals surface area contributed by atoms with E-state index in [-0.39, 0.29) is 11.9 Å². The molecule has 2 atom stereocenters. The number of nitrogens with one attached hydrogen (secondary N) is 2. The van der Waals surface area contributed by atoms with Crippen molar-refractivity contribution in [2.75, 3.05) is 6.54 Å². The highest BCUT2D eigenvalue weighted by atomic mass is 79.9. The molecule has 0 aromatic heterocycles. The van der Waals surface area contributed by atoms with Gasteiger partial charge in [0.05, 0.1) is 5.41 Å². The van der Waals surface area contributed by atoms with Gasteiger partial charge in [-0.3, -0.25) is 4.79 Å². The number of hydrogen-bond acceptors (Lipinski definition) is 2. The SMILES string of the molecule is CC1NCCCC1NC(=O)C(C)(C)c1cccc(Br)c1. The van der Waals surface area contributed by atoms with Crippen molar-refractivity contribution in [3.63, 3.8) is 0 Å². The summed E-state index contributed by atoms with van der Waals surface area (Å²) in [5.41, 5.74) is 0.502. The van der Waals surface area contributed by atoms with Crippen molar-refractivity contribution in [3.05, 3.63) is 34.3 Å². The molecule has 1 saturated heterocycles. The van der Waals surface area contributed by atoms with Crippen LogP contribution in [0.25, 0.3) is 0 Å². The zero-order valence-corrected chi connectivity index (χ0v) is 14.0. The molecule has 1 aliphatic heterocycles. The second kappa shape index (κ2) is 6.27. The highest BCUT2D eigenvalue weighted by Gasteiger charge is 2.33. The monoisotopic (exact) mass is 338 g/mol. The summed E-state index contributed by atoms with van der Waals surface area (Å²) in [4.78, 5) is 12.6. The third-order valence-corrected chi connectivity index (χ3v) is 4.69. The number of halogens is 1. The summed E-state index contributed by atoms with van der Waals surface area (Å²) in [6.07, 6.45) is 2.17. The molecular formula is C16H23BrN2O. The zero-order chi connectivity index (χ0) is 14.8. The van der Waals surface area contributed by atoms with Gasteiger partial charge in [-0.2, -0.15) is 0 Å². The Morgan fingerprint density at radius 1 is 1.45 bits per heavy atom. The summed E-state index contributed by atoms with van der Waals surface area (Å²) in [6.45, 7) is 7.13. The molecule has 0 saturated carbocycles. The zero-order valence-electron chi connectivity index (χ0n) is 12.4. The minimum Gasteiger partial charge on any atom is -0.351 e. The minimum atomic E-state index is -0.527. The smallest absolute Gasteiger partial charge is 0.230 e. The van der Waals surface area contributed by atoms with E-state index in [1.165, 1.54) is 0 Å². The van der Waals surface area contributed by atoms with Crippen LogP contribution in [0, 0.1) is 0 Å². The Hall–Kier alpha value is -0.870. The maximum Gasteiger partial charge on any atom is 0.230 e. The average molecular weight is 339 g/mol. The van der Waals surface area contributed by atoms with Crippen LogP contribution in [0.1, 0.15) is 39.2 Å². The number of rotatable bonds is 3. The quantitative estimate of drug-likeness (QED) is 0.889. The van der Waals surface area contributed by atoms with Crippen LogP contribution in [-0.4, -0.2) is 24.5 Å². The first-order valence-corrected chi connectivity index (χ1v) is 8.01. The van der Waals surface area contributed by atoms with E-state index in [4.69, 9.17) is 0 Å². The van der Waals surface area contributed by atoms with Gasteiger partial charge in [0.1, 0.15) is 0 Å². The molecule has 2 rings (SSSR count). The second-order valence-corrected chi connectivity index (χ2v) is 7.02. The van der Waals surface area contributed by atoms with Crippen LogP contribution in [0.3, 0.4) is 0 Å². The number of amides is 1. The summed E-state index contributed by atoms with van der Waals surface area (Å²) < 4.78 is 1.00. The highest BCUT2D eigenvalue weighted by Crippen LogP contribution is 2.26. The number of piperidine rings is 1. The third kappa shape index (κ3) is 3.41. The molecule has 1 fully saturated rings. The minimum absolute atomic E-state index is 0.0937. The van der Waals surface area contributed by atoms with Gasteiger partial charge in [-0.15, -0.1) is 0 Å². The van der Waals surface area contributed by atoms with E-state index in [0.717, 1.165) is 29.4 Å². The lowest BCUT2D eigenvalue weighted by Gasteiger charge is -2.34. The van der Waals surface area contributed by atoms with E-state index in [9.17, 15) is 4.79 Å². The Morgan fingerprint density at radius 3 is 2.85 bits per heavy atom. The molecular weight excluding hydrogens is 316 g/mol. The largest absolute Gasteiger partial charge is 0.351 e. The number of hydrogen-bond donors (Lipinski definition) is 2. The Labute approximate surface area is 129 Å². The van der Waals surface area contributed by atoms with Crippen LogP contribution in [0.2, 0.25) is 0 Å². The first-order valence-electron chi connectivity index (χ1n) is 7.21. The topological polar surface area (TPSA) is 41.1 Å². The van der Waals surface area contributed by atoms with E-state index in [1.54, 1.807) is 0 Å². The van der Waals surface area contributed by atoms with E-state index >= 15 is 0 Å². The molecule has 1 aromatic rings. The van der Waals surface area contributed by atoms with Crippen LogP contribution in [0.5, 0.6) is 0 Å². The number of carbonyl (C=O) groups excluding carboxylic acids is 1. The maximum absolute atomic E-state index is 12.6. The Kier molecular flexibility index (Phi) is 4.86. The average Bonchev–Trinajstić information content (AvgIpc) is 2.41. The predicted molar refractivity (Wildman–Crippen MR) is 85.8 cm³/mol. The molecule has 1 heterocycles. The Morgan fingerprint density at radius 2 is 2.20 bits per heavy atom. The van der Waals surface area contributed by atoms with Gasteiger partial charge in [0.15, 0.2) is 0 Å². The lowest BCUT2D eigenvalue weighted by molar-refractivity contribution is -0.126. The summed E-state index contributed by atoms with van der Waals surface area (Å²) in [5, 5.41) is 6.63. The summed E-state index contributed by atoms with van der Waals surface area (Å²) in [5.74, 6) is 0.0937.